The van der Waals surface area contributed by atoms with E-state index < -0.39 is 0 Å². The van der Waals surface area contributed by atoms with Crippen molar-refractivity contribution in [3.63, 3.8) is 0 Å². The highest BCUT2D eigenvalue weighted by atomic mass is 15.2. The Morgan fingerprint density at radius 3 is 2.80 bits per heavy atom. The van der Waals surface area contributed by atoms with E-state index in [-0.39, 0.29) is 0 Å². The van der Waals surface area contributed by atoms with E-state index >= 15 is 0 Å². The Labute approximate surface area is 93.7 Å². The summed E-state index contributed by atoms with van der Waals surface area (Å²) in [6.07, 6.45) is 7.71. The highest BCUT2D eigenvalue weighted by molar-refractivity contribution is 5.83. The van der Waals surface area contributed by atoms with Crippen LogP contribution in [0.15, 0.2) is 4.99 Å². The quantitative estimate of drug-likeness (QED) is 0.624. The maximum atomic E-state index is 5.56. The van der Waals surface area contributed by atoms with Crippen molar-refractivity contribution in [1.29, 1.82) is 0 Å². The first kappa shape index (κ1) is 12.5. The molecule has 1 rings (SSSR count). The highest BCUT2D eigenvalue weighted by Gasteiger charge is 2.14. The first-order valence-electron chi connectivity index (χ1n) is 6.36. The van der Waals surface area contributed by atoms with Crippen molar-refractivity contribution in [2.24, 2.45) is 10.7 Å². The number of nitrogens with two attached hydrogens (primary N) is 1. The van der Waals surface area contributed by atoms with E-state index in [0.717, 1.165) is 26.1 Å². The molecular weight excluding hydrogens is 186 g/mol. The van der Waals surface area contributed by atoms with Crippen molar-refractivity contribution in [2.75, 3.05) is 26.2 Å². The van der Waals surface area contributed by atoms with Gasteiger partial charge in [0, 0.05) is 19.5 Å². The predicted octanol–water partition coefficient (Wildman–Crippen LogP) is 2.02. The van der Waals surface area contributed by atoms with Crippen LogP contribution in [0.2, 0.25) is 0 Å². The van der Waals surface area contributed by atoms with E-state index in [4.69, 9.17) is 5.73 Å². The number of rotatable bonds is 8. The summed E-state index contributed by atoms with van der Waals surface area (Å²) in [6, 6.07) is 0. The van der Waals surface area contributed by atoms with Crippen LogP contribution in [0.25, 0.3) is 0 Å². The van der Waals surface area contributed by atoms with Crippen molar-refractivity contribution in [2.45, 2.75) is 45.4 Å². The highest BCUT2D eigenvalue weighted by Crippen LogP contribution is 2.08. The minimum Gasteiger partial charge on any atom is -0.358 e. The van der Waals surface area contributed by atoms with Crippen LogP contribution in [-0.4, -0.2) is 36.9 Å². The third kappa shape index (κ3) is 4.65. The summed E-state index contributed by atoms with van der Waals surface area (Å²) in [5.74, 6) is 1.24. The van der Waals surface area contributed by atoms with Crippen molar-refractivity contribution < 1.29 is 0 Å². The number of hydrogen-bond donors (Lipinski definition) is 1. The Balaban J connectivity index is 2.08. The maximum Gasteiger partial charge on any atom is 0.100 e. The Morgan fingerprint density at radius 1 is 1.27 bits per heavy atom. The van der Waals surface area contributed by atoms with E-state index in [1.807, 2.05) is 0 Å². The molecule has 1 heterocycles. The van der Waals surface area contributed by atoms with Gasteiger partial charge in [0.25, 0.3) is 0 Å². The van der Waals surface area contributed by atoms with Crippen molar-refractivity contribution in [1.82, 2.24) is 4.90 Å². The summed E-state index contributed by atoms with van der Waals surface area (Å²) < 4.78 is 0. The minimum absolute atomic E-state index is 0.727. The molecule has 0 fully saturated rings. The monoisotopic (exact) mass is 211 g/mol. The Bertz CT molecular complexity index is 189. The Kier molecular flexibility index (Phi) is 6.41. The molecule has 0 aromatic carbocycles. The molecular formula is C12H25N3. The molecule has 0 unspecified atom stereocenters. The lowest BCUT2D eigenvalue weighted by atomic mass is 10.1. The van der Waals surface area contributed by atoms with Gasteiger partial charge < -0.3 is 10.6 Å². The maximum absolute atomic E-state index is 5.56. The molecule has 0 saturated heterocycles. The molecule has 3 nitrogen and oxygen atoms in total. The molecule has 0 aromatic rings. The summed E-state index contributed by atoms with van der Waals surface area (Å²) in [6.45, 7) is 6.26. The molecule has 0 bridgehead atoms. The molecule has 0 atom stereocenters. The molecule has 88 valence electrons. The van der Waals surface area contributed by atoms with Gasteiger partial charge in [-0.3, -0.25) is 4.99 Å². The van der Waals surface area contributed by atoms with Crippen molar-refractivity contribution in [3.8, 4) is 0 Å². The fraction of sp³-hybridized carbons (Fsp3) is 0.917. The second kappa shape index (κ2) is 7.69. The molecule has 15 heavy (non-hydrogen) atoms. The average Bonchev–Trinajstić information content (AvgIpc) is 2.66. The largest absolute Gasteiger partial charge is 0.358 e. The van der Waals surface area contributed by atoms with Crippen LogP contribution in [0.4, 0.5) is 0 Å². The minimum atomic E-state index is 0.727. The first-order chi connectivity index (χ1) is 7.38. The van der Waals surface area contributed by atoms with Crippen molar-refractivity contribution in [3.05, 3.63) is 0 Å². The zero-order valence-electron chi connectivity index (χ0n) is 10.0. The Hall–Kier alpha value is -0.570. The van der Waals surface area contributed by atoms with Gasteiger partial charge in [0.15, 0.2) is 0 Å². The number of hydrogen-bond acceptors (Lipinski definition) is 3. The number of aliphatic imine (C=N–C) groups is 1. The second-order valence-electron chi connectivity index (χ2n) is 4.24. The molecule has 0 radical (unpaired) electrons. The van der Waals surface area contributed by atoms with Gasteiger partial charge in [-0.05, 0) is 13.0 Å². The number of nitrogens with zero attached hydrogens (tertiary/aromatic N) is 2. The zero-order valence-corrected chi connectivity index (χ0v) is 10.0. The van der Waals surface area contributed by atoms with Gasteiger partial charge >= 0.3 is 0 Å². The normalized spacial score (nSPS) is 15.9. The lowest BCUT2D eigenvalue weighted by molar-refractivity contribution is 0.425. The van der Waals surface area contributed by atoms with Gasteiger partial charge in [-0.15, -0.1) is 0 Å². The molecule has 0 amide bonds. The van der Waals surface area contributed by atoms with E-state index in [1.54, 1.807) is 0 Å². The molecule has 0 aromatic heterocycles. The lowest BCUT2D eigenvalue weighted by Gasteiger charge is -2.19. The molecule has 3 heteroatoms. The molecule has 0 saturated carbocycles. The third-order valence-electron chi connectivity index (χ3n) is 2.93. The van der Waals surface area contributed by atoms with E-state index in [2.05, 4.69) is 16.8 Å². The molecule has 0 spiro atoms. The third-order valence-corrected chi connectivity index (χ3v) is 2.93. The molecule has 1 aliphatic heterocycles. The van der Waals surface area contributed by atoms with Crippen LogP contribution < -0.4 is 5.73 Å². The van der Waals surface area contributed by atoms with Crippen LogP contribution in [0.1, 0.15) is 45.4 Å². The smallest absolute Gasteiger partial charge is 0.100 e. The van der Waals surface area contributed by atoms with Crippen LogP contribution >= 0.6 is 0 Å². The fourth-order valence-corrected chi connectivity index (χ4v) is 2.04. The second-order valence-corrected chi connectivity index (χ2v) is 4.24. The molecule has 1 aliphatic rings. The van der Waals surface area contributed by atoms with Gasteiger partial charge in [-0.2, -0.15) is 0 Å². The number of amidine groups is 1. The first-order valence-corrected chi connectivity index (χ1v) is 6.36. The SMILES string of the molecule is CCCCCCCN1CCN=C1CCN. The van der Waals surface area contributed by atoms with Gasteiger partial charge in [0.05, 0.1) is 6.54 Å². The van der Waals surface area contributed by atoms with Crippen LogP contribution in [0.5, 0.6) is 0 Å². The standard InChI is InChI=1S/C12H25N3/c1-2-3-4-5-6-10-15-11-9-14-12(15)7-8-13/h2-11,13H2,1H3. The summed E-state index contributed by atoms with van der Waals surface area (Å²) in [4.78, 5) is 6.90. The van der Waals surface area contributed by atoms with E-state index in [1.165, 1.54) is 44.5 Å². The Morgan fingerprint density at radius 2 is 2.07 bits per heavy atom. The number of unbranched alkanes of at least 4 members (excludes halogenated alkanes) is 4. The molecule has 0 aliphatic carbocycles. The van der Waals surface area contributed by atoms with Gasteiger partial charge in [-0.1, -0.05) is 32.6 Å². The average molecular weight is 211 g/mol. The van der Waals surface area contributed by atoms with Gasteiger partial charge in [0.1, 0.15) is 5.84 Å². The lowest BCUT2D eigenvalue weighted by Crippen LogP contribution is -2.30. The van der Waals surface area contributed by atoms with Gasteiger partial charge in [0.2, 0.25) is 0 Å². The van der Waals surface area contributed by atoms with Crippen LogP contribution in [0, 0.1) is 0 Å². The summed E-state index contributed by atoms with van der Waals surface area (Å²) >= 11 is 0. The summed E-state index contributed by atoms with van der Waals surface area (Å²) in [5.41, 5.74) is 5.56. The van der Waals surface area contributed by atoms with Gasteiger partial charge in [-0.25, -0.2) is 0 Å². The topological polar surface area (TPSA) is 41.6 Å². The fourth-order valence-electron chi connectivity index (χ4n) is 2.04. The van der Waals surface area contributed by atoms with Crippen LogP contribution in [-0.2, 0) is 0 Å². The van der Waals surface area contributed by atoms with E-state index in [9.17, 15) is 0 Å². The van der Waals surface area contributed by atoms with Crippen molar-refractivity contribution >= 4 is 5.84 Å². The summed E-state index contributed by atoms with van der Waals surface area (Å²) in [5, 5.41) is 0. The summed E-state index contributed by atoms with van der Waals surface area (Å²) in [7, 11) is 0. The van der Waals surface area contributed by atoms with E-state index in [0.29, 0.717) is 0 Å². The van der Waals surface area contributed by atoms with Crippen LogP contribution in [0.3, 0.4) is 0 Å². The zero-order chi connectivity index (χ0) is 10.9. The predicted molar refractivity (Wildman–Crippen MR) is 66.3 cm³/mol. The molecule has 2 N–H and O–H groups in total.